The Bertz CT molecular complexity index is 1230. The lowest BCUT2D eigenvalue weighted by Gasteiger charge is -2.09. The first-order valence-corrected chi connectivity index (χ1v) is 9.10. The molecule has 0 aliphatic rings. The topological polar surface area (TPSA) is 34.3 Å². The number of anilines is 1. The third-order valence-corrected chi connectivity index (χ3v) is 4.99. The zero-order valence-corrected chi connectivity index (χ0v) is 15.1. The first-order valence-electron chi connectivity index (χ1n) is 9.10. The van der Waals surface area contributed by atoms with E-state index in [2.05, 4.69) is 82.3 Å². The maximum absolute atomic E-state index is 4.91. The second-order valence-electron chi connectivity index (χ2n) is 6.78. The number of hydrogen-bond acceptors (Lipinski definition) is 2. The van der Waals surface area contributed by atoms with Gasteiger partial charge in [0.05, 0.1) is 0 Å². The summed E-state index contributed by atoms with van der Waals surface area (Å²) in [7, 11) is 2.07. The minimum atomic E-state index is 0.753. The Morgan fingerprint density at radius 3 is 2.63 bits per heavy atom. The van der Waals surface area contributed by atoms with Gasteiger partial charge in [-0.25, -0.2) is 4.98 Å². The molecule has 0 bridgehead atoms. The van der Waals surface area contributed by atoms with Crippen molar-refractivity contribution < 1.29 is 0 Å². The number of rotatable bonds is 4. The van der Waals surface area contributed by atoms with Crippen molar-refractivity contribution in [2.45, 2.75) is 6.54 Å². The van der Waals surface area contributed by atoms with Gasteiger partial charge in [0.25, 0.3) is 0 Å². The van der Waals surface area contributed by atoms with Gasteiger partial charge >= 0.3 is 0 Å². The molecular formula is C23H20N4. The highest BCUT2D eigenvalue weighted by molar-refractivity contribution is 5.87. The fraction of sp³-hybridized carbons (Fsp3) is 0.0870. The maximum Gasteiger partial charge on any atom is 0.139 e. The number of imidazole rings is 1. The van der Waals surface area contributed by atoms with Crippen LogP contribution in [0.4, 0.5) is 5.82 Å². The normalized spacial score (nSPS) is 11.3. The van der Waals surface area contributed by atoms with Crippen LogP contribution in [-0.2, 0) is 13.6 Å². The van der Waals surface area contributed by atoms with Crippen LogP contribution in [0.25, 0.3) is 27.8 Å². The molecule has 132 valence electrons. The van der Waals surface area contributed by atoms with Gasteiger partial charge in [0.1, 0.15) is 17.2 Å². The van der Waals surface area contributed by atoms with Crippen LogP contribution in [0.5, 0.6) is 0 Å². The summed E-state index contributed by atoms with van der Waals surface area (Å²) in [5, 5.41) is 4.84. The number of aryl methyl sites for hydroxylation is 1. The van der Waals surface area contributed by atoms with Crippen molar-refractivity contribution in [2.75, 3.05) is 5.32 Å². The molecule has 0 fully saturated rings. The number of nitrogens with one attached hydrogen (secondary N) is 1. The van der Waals surface area contributed by atoms with Crippen LogP contribution >= 0.6 is 0 Å². The number of pyridine rings is 1. The standard InChI is InChI=1S/C23H20N4/c1-26-14-12-18-10-11-19(15-20(18)26)22-23(24-16-17-7-3-2-4-8-17)27-13-6-5-9-21(27)25-22/h2-15,24H,16H2,1H3. The maximum atomic E-state index is 4.91. The first-order chi connectivity index (χ1) is 13.3. The average molecular weight is 352 g/mol. The summed E-state index contributed by atoms with van der Waals surface area (Å²) in [6, 6.07) is 25.2. The molecule has 4 heteroatoms. The summed E-state index contributed by atoms with van der Waals surface area (Å²) in [5.74, 6) is 1.02. The molecule has 0 spiro atoms. The average Bonchev–Trinajstić information content (AvgIpc) is 3.27. The van der Waals surface area contributed by atoms with Crippen molar-refractivity contribution in [3.63, 3.8) is 0 Å². The Labute approximate surface area is 157 Å². The monoisotopic (exact) mass is 352 g/mol. The largest absolute Gasteiger partial charge is 0.365 e. The van der Waals surface area contributed by atoms with Gasteiger partial charge < -0.3 is 9.88 Å². The Morgan fingerprint density at radius 1 is 0.889 bits per heavy atom. The number of fused-ring (bicyclic) bond motifs is 2. The van der Waals surface area contributed by atoms with Crippen molar-refractivity contribution in [3.8, 4) is 11.3 Å². The molecule has 0 saturated heterocycles. The van der Waals surface area contributed by atoms with E-state index < -0.39 is 0 Å². The van der Waals surface area contributed by atoms with E-state index in [0.717, 1.165) is 29.3 Å². The summed E-state index contributed by atoms with van der Waals surface area (Å²) in [6.45, 7) is 0.753. The third-order valence-electron chi connectivity index (χ3n) is 4.99. The van der Waals surface area contributed by atoms with Crippen LogP contribution in [0.3, 0.4) is 0 Å². The Morgan fingerprint density at radius 2 is 1.74 bits per heavy atom. The Balaban J connectivity index is 1.63. The molecule has 3 heterocycles. The summed E-state index contributed by atoms with van der Waals surface area (Å²) in [6.07, 6.45) is 4.15. The van der Waals surface area contributed by atoms with Crippen LogP contribution in [0, 0.1) is 0 Å². The molecular weight excluding hydrogens is 332 g/mol. The van der Waals surface area contributed by atoms with Gasteiger partial charge in [-0.3, -0.25) is 4.40 Å². The van der Waals surface area contributed by atoms with Crippen molar-refractivity contribution in [3.05, 3.63) is 90.8 Å². The highest BCUT2D eigenvalue weighted by Gasteiger charge is 2.14. The lowest BCUT2D eigenvalue weighted by Crippen LogP contribution is -2.03. The summed E-state index contributed by atoms with van der Waals surface area (Å²) < 4.78 is 4.26. The summed E-state index contributed by atoms with van der Waals surface area (Å²) in [5.41, 5.74) is 5.48. The zero-order valence-electron chi connectivity index (χ0n) is 15.1. The van der Waals surface area contributed by atoms with Crippen LogP contribution in [0.1, 0.15) is 5.56 Å². The first kappa shape index (κ1) is 15.7. The molecule has 5 aromatic rings. The molecule has 0 amide bonds. The molecule has 1 N–H and O–H groups in total. The zero-order chi connectivity index (χ0) is 18.2. The highest BCUT2D eigenvalue weighted by Crippen LogP contribution is 2.31. The van der Waals surface area contributed by atoms with Gasteiger partial charge in [-0.15, -0.1) is 0 Å². The van der Waals surface area contributed by atoms with Gasteiger partial charge in [0.2, 0.25) is 0 Å². The quantitative estimate of drug-likeness (QED) is 0.488. The van der Waals surface area contributed by atoms with E-state index in [1.807, 2.05) is 24.3 Å². The van der Waals surface area contributed by atoms with E-state index in [1.165, 1.54) is 16.5 Å². The number of benzene rings is 2. The predicted octanol–water partition coefficient (Wildman–Crippen LogP) is 5.11. The fourth-order valence-electron chi connectivity index (χ4n) is 3.56. The second kappa shape index (κ2) is 6.32. The van der Waals surface area contributed by atoms with Crippen molar-refractivity contribution in [1.82, 2.24) is 14.0 Å². The van der Waals surface area contributed by atoms with Crippen molar-refractivity contribution in [2.24, 2.45) is 7.05 Å². The minimum Gasteiger partial charge on any atom is -0.365 e. The molecule has 3 aromatic heterocycles. The molecule has 4 nitrogen and oxygen atoms in total. The number of nitrogens with zero attached hydrogens (tertiary/aromatic N) is 3. The predicted molar refractivity (Wildman–Crippen MR) is 111 cm³/mol. The van der Waals surface area contributed by atoms with Gasteiger partial charge in [-0.2, -0.15) is 0 Å². The lowest BCUT2D eigenvalue weighted by atomic mass is 10.1. The van der Waals surface area contributed by atoms with Crippen molar-refractivity contribution in [1.29, 1.82) is 0 Å². The second-order valence-corrected chi connectivity index (χ2v) is 6.78. The molecule has 0 atom stereocenters. The van der Waals surface area contributed by atoms with E-state index in [4.69, 9.17) is 4.98 Å². The van der Waals surface area contributed by atoms with E-state index in [0.29, 0.717) is 0 Å². The van der Waals surface area contributed by atoms with E-state index >= 15 is 0 Å². The molecule has 0 aliphatic carbocycles. The van der Waals surface area contributed by atoms with E-state index in [1.54, 1.807) is 0 Å². The summed E-state index contributed by atoms with van der Waals surface area (Å²) in [4.78, 5) is 4.91. The fourth-order valence-corrected chi connectivity index (χ4v) is 3.56. The Kier molecular flexibility index (Phi) is 3.68. The molecule has 0 radical (unpaired) electrons. The van der Waals surface area contributed by atoms with Crippen molar-refractivity contribution >= 4 is 22.4 Å². The van der Waals surface area contributed by atoms with Gasteiger partial charge in [0, 0.05) is 37.1 Å². The smallest absolute Gasteiger partial charge is 0.139 e. The van der Waals surface area contributed by atoms with Crippen LogP contribution in [-0.4, -0.2) is 14.0 Å². The van der Waals surface area contributed by atoms with Gasteiger partial charge in [0.15, 0.2) is 0 Å². The van der Waals surface area contributed by atoms with E-state index in [-0.39, 0.29) is 0 Å². The highest BCUT2D eigenvalue weighted by atomic mass is 15.1. The van der Waals surface area contributed by atoms with Crippen LogP contribution in [0.15, 0.2) is 85.2 Å². The number of hydrogen-bond donors (Lipinski definition) is 1. The Hall–Kier alpha value is -3.53. The minimum absolute atomic E-state index is 0.753. The van der Waals surface area contributed by atoms with Gasteiger partial charge in [-0.05, 0) is 35.2 Å². The van der Waals surface area contributed by atoms with Gasteiger partial charge in [-0.1, -0.05) is 48.5 Å². The molecule has 27 heavy (non-hydrogen) atoms. The summed E-state index contributed by atoms with van der Waals surface area (Å²) >= 11 is 0. The van der Waals surface area contributed by atoms with Crippen LogP contribution in [0.2, 0.25) is 0 Å². The molecule has 0 unspecified atom stereocenters. The third kappa shape index (κ3) is 2.75. The number of aromatic nitrogens is 3. The lowest BCUT2D eigenvalue weighted by molar-refractivity contribution is 0.969. The molecule has 0 saturated carbocycles. The SMILES string of the molecule is Cn1ccc2ccc(-c3nc4ccccn4c3NCc3ccccc3)cc21. The van der Waals surface area contributed by atoms with E-state index in [9.17, 15) is 0 Å². The van der Waals surface area contributed by atoms with Crippen LogP contribution < -0.4 is 5.32 Å². The molecule has 5 rings (SSSR count). The molecule has 0 aliphatic heterocycles. The molecule has 2 aromatic carbocycles.